The Labute approximate surface area is 92.4 Å². The third-order valence-corrected chi connectivity index (χ3v) is 2.42. The summed E-state index contributed by atoms with van der Waals surface area (Å²) in [6.07, 6.45) is 1.84. The summed E-state index contributed by atoms with van der Waals surface area (Å²) >= 11 is 0. The molecule has 2 aromatic heterocycles. The zero-order chi connectivity index (χ0) is 11.0. The fraction of sp³-hybridized carbons (Fsp3) is 0. The highest BCUT2D eigenvalue weighted by Crippen LogP contribution is 2.18. The Kier molecular flexibility index (Phi) is 1.86. The van der Waals surface area contributed by atoms with Crippen molar-refractivity contribution in [3.8, 4) is 11.4 Å². The highest BCUT2D eigenvalue weighted by atomic mass is 15.3. The number of anilines is 1. The first-order valence-electron chi connectivity index (χ1n) is 5.01. The summed E-state index contributed by atoms with van der Waals surface area (Å²) in [5.41, 5.74) is 8.15. The van der Waals surface area contributed by atoms with Gasteiger partial charge >= 0.3 is 0 Å². The molecule has 0 saturated heterocycles. The summed E-state index contributed by atoms with van der Waals surface area (Å²) in [5.74, 6) is 0.693. The quantitative estimate of drug-likeness (QED) is 0.668. The fourth-order valence-corrected chi connectivity index (χ4v) is 1.64. The highest BCUT2D eigenvalue weighted by molar-refractivity contribution is 5.67. The van der Waals surface area contributed by atoms with Gasteiger partial charge in [-0.05, 0) is 12.1 Å². The number of benzene rings is 1. The second-order valence-electron chi connectivity index (χ2n) is 3.53. The molecule has 0 saturated carbocycles. The maximum atomic E-state index is 5.82. The molecule has 0 atom stereocenters. The molecule has 16 heavy (non-hydrogen) atoms. The van der Waals surface area contributed by atoms with Crippen LogP contribution in [-0.2, 0) is 0 Å². The molecule has 0 amide bonds. The Morgan fingerprint density at radius 1 is 1.00 bits per heavy atom. The van der Waals surface area contributed by atoms with E-state index in [0.29, 0.717) is 17.2 Å². The van der Waals surface area contributed by atoms with Crippen LogP contribution in [0.3, 0.4) is 0 Å². The third-order valence-electron chi connectivity index (χ3n) is 2.42. The van der Waals surface area contributed by atoms with Gasteiger partial charge in [-0.25, -0.2) is 9.50 Å². The predicted octanol–water partition coefficient (Wildman–Crippen LogP) is 1.98. The lowest BCUT2D eigenvalue weighted by Crippen LogP contribution is -1.92. The number of hydrogen-bond acceptors (Lipinski definition) is 3. The van der Waals surface area contributed by atoms with Gasteiger partial charge < -0.3 is 5.73 Å². The van der Waals surface area contributed by atoms with Crippen molar-refractivity contribution in [3.05, 3.63) is 48.7 Å². The van der Waals surface area contributed by atoms with Crippen molar-refractivity contribution in [3.63, 3.8) is 0 Å². The monoisotopic (exact) mass is 210 g/mol. The van der Waals surface area contributed by atoms with Gasteiger partial charge in [0.1, 0.15) is 0 Å². The topological polar surface area (TPSA) is 56.2 Å². The van der Waals surface area contributed by atoms with E-state index >= 15 is 0 Å². The van der Waals surface area contributed by atoms with Gasteiger partial charge in [-0.2, -0.15) is 0 Å². The summed E-state index contributed by atoms with van der Waals surface area (Å²) in [6.45, 7) is 0. The number of rotatable bonds is 1. The average molecular weight is 210 g/mol. The summed E-state index contributed by atoms with van der Waals surface area (Å²) in [5, 5.41) is 4.37. The van der Waals surface area contributed by atoms with Crippen LogP contribution in [0.4, 0.5) is 5.69 Å². The van der Waals surface area contributed by atoms with Crippen LogP contribution < -0.4 is 5.73 Å². The smallest absolute Gasteiger partial charge is 0.182 e. The minimum Gasteiger partial charge on any atom is -0.396 e. The van der Waals surface area contributed by atoms with E-state index < -0.39 is 0 Å². The molecule has 4 nitrogen and oxygen atoms in total. The van der Waals surface area contributed by atoms with Crippen molar-refractivity contribution in [1.82, 2.24) is 14.6 Å². The van der Waals surface area contributed by atoms with E-state index in [1.807, 2.05) is 48.7 Å². The first kappa shape index (κ1) is 8.91. The molecule has 0 spiro atoms. The molecule has 0 fully saturated rings. The maximum absolute atomic E-state index is 5.82. The van der Waals surface area contributed by atoms with Gasteiger partial charge in [-0.3, -0.25) is 0 Å². The van der Waals surface area contributed by atoms with Crippen LogP contribution in [0.2, 0.25) is 0 Å². The van der Waals surface area contributed by atoms with Gasteiger partial charge in [0.05, 0.1) is 5.69 Å². The summed E-state index contributed by atoms with van der Waals surface area (Å²) < 4.78 is 1.69. The van der Waals surface area contributed by atoms with E-state index in [1.165, 1.54) is 0 Å². The first-order valence-corrected chi connectivity index (χ1v) is 5.01. The first-order chi connectivity index (χ1) is 7.84. The normalized spacial score (nSPS) is 10.8. The Balaban J connectivity index is 2.23. The van der Waals surface area contributed by atoms with E-state index in [2.05, 4.69) is 10.1 Å². The second kappa shape index (κ2) is 3.34. The number of nitrogen functional groups attached to an aromatic ring is 1. The predicted molar refractivity (Wildman–Crippen MR) is 62.8 cm³/mol. The molecule has 0 radical (unpaired) electrons. The summed E-state index contributed by atoms with van der Waals surface area (Å²) in [6, 6.07) is 13.5. The largest absolute Gasteiger partial charge is 0.396 e. The molecule has 3 aromatic rings. The lowest BCUT2D eigenvalue weighted by Gasteiger charge is -1.92. The van der Waals surface area contributed by atoms with E-state index in [0.717, 1.165) is 5.56 Å². The Morgan fingerprint density at radius 3 is 2.56 bits per heavy atom. The van der Waals surface area contributed by atoms with Gasteiger partial charge in [0.25, 0.3) is 0 Å². The molecule has 0 unspecified atom stereocenters. The molecule has 0 aliphatic carbocycles. The van der Waals surface area contributed by atoms with Crippen molar-refractivity contribution >= 4 is 11.3 Å². The molecule has 2 heterocycles. The van der Waals surface area contributed by atoms with Gasteiger partial charge in [0.2, 0.25) is 0 Å². The number of nitrogens with two attached hydrogens (primary N) is 1. The zero-order valence-corrected chi connectivity index (χ0v) is 8.54. The number of hydrogen-bond donors (Lipinski definition) is 1. The van der Waals surface area contributed by atoms with Crippen LogP contribution in [0.1, 0.15) is 0 Å². The van der Waals surface area contributed by atoms with Crippen molar-refractivity contribution < 1.29 is 0 Å². The van der Waals surface area contributed by atoms with Crippen LogP contribution in [0, 0.1) is 0 Å². The van der Waals surface area contributed by atoms with Crippen LogP contribution in [0.25, 0.3) is 17.0 Å². The molecule has 4 heteroatoms. The minimum atomic E-state index is 0.636. The van der Waals surface area contributed by atoms with Crippen LogP contribution in [-0.4, -0.2) is 14.6 Å². The standard InChI is InChI=1S/C12H10N4/c13-10-7-4-8-16-12(10)14-11(15-16)9-5-2-1-3-6-9/h1-8H,13H2. The molecular weight excluding hydrogens is 200 g/mol. The van der Waals surface area contributed by atoms with Crippen LogP contribution in [0.15, 0.2) is 48.7 Å². The zero-order valence-electron chi connectivity index (χ0n) is 8.54. The SMILES string of the molecule is Nc1cccn2nc(-c3ccccc3)nc12. The maximum Gasteiger partial charge on any atom is 0.182 e. The molecule has 0 aliphatic rings. The Hall–Kier alpha value is -2.36. The molecule has 0 aliphatic heterocycles. The fourth-order valence-electron chi connectivity index (χ4n) is 1.64. The minimum absolute atomic E-state index is 0.636. The summed E-state index contributed by atoms with van der Waals surface area (Å²) in [7, 11) is 0. The summed E-state index contributed by atoms with van der Waals surface area (Å²) in [4.78, 5) is 4.41. The molecule has 2 N–H and O–H groups in total. The lowest BCUT2D eigenvalue weighted by atomic mass is 10.2. The third kappa shape index (κ3) is 1.32. The van der Waals surface area contributed by atoms with E-state index in [-0.39, 0.29) is 0 Å². The van der Waals surface area contributed by atoms with Crippen LogP contribution >= 0.6 is 0 Å². The van der Waals surface area contributed by atoms with E-state index in [1.54, 1.807) is 4.52 Å². The van der Waals surface area contributed by atoms with Gasteiger partial charge in [0, 0.05) is 11.8 Å². The van der Waals surface area contributed by atoms with E-state index in [9.17, 15) is 0 Å². The second-order valence-corrected chi connectivity index (χ2v) is 3.53. The van der Waals surface area contributed by atoms with Crippen molar-refractivity contribution in [1.29, 1.82) is 0 Å². The van der Waals surface area contributed by atoms with Gasteiger partial charge in [0.15, 0.2) is 11.5 Å². The highest BCUT2D eigenvalue weighted by Gasteiger charge is 2.06. The van der Waals surface area contributed by atoms with Gasteiger partial charge in [-0.1, -0.05) is 30.3 Å². The molecule has 0 bridgehead atoms. The van der Waals surface area contributed by atoms with E-state index in [4.69, 9.17) is 5.73 Å². The van der Waals surface area contributed by atoms with Gasteiger partial charge in [-0.15, -0.1) is 5.10 Å². The Morgan fingerprint density at radius 2 is 1.81 bits per heavy atom. The molecular formula is C12H10N4. The number of nitrogens with zero attached hydrogens (tertiary/aromatic N) is 3. The van der Waals surface area contributed by atoms with Crippen molar-refractivity contribution in [2.45, 2.75) is 0 Å². The molecule has 1 aromatic carbocycles. The molecule has 3 rings (SSSR count). The Bertz CT molecular complexity index is 628. The number of aromatic nitrogens is 3. The van der Waals surface area contributed by atoms with Crippen LogP contribution in [0.5, 0.6) is 0 Å². The average Bonchev–Trinajstić information content (AvgIpc) is 2.76. The molecule has 78 valence electrons. The number of fused-ring (bicyclic) bond motifs is 1. The number of pyridine rings is 1. The van der Waals surface area contributed by atoms with Crippen molar-refractivity contribution in [2.24, 2.45) is 0 Å². The van der Waals surface area contributed by atoms with Crippen molar-refractivity contribution in [2.75, 3.05) is 5.73 Å². The lowest BCUT2D eigenvalue weighted by molar-refractivity contribution is 0.967.